The number of carbonyl (C=O) groups excluding carboxylic acids is 1. The molecular weight excluding hydrogens is 379 g/mol. The molecule has 1 fully saturated rings. The fraction of sp³-hybridized carbons (Fsp3) is 0.238. The second-order valence-corrected chi connectivity index (χ2v) is 7.30. The Bertz CT molecular complexity index is 976. The summed E-state index contributed by atoms with van der Waals surface area (Å²) in [6, 6.07) is 16.0. The Morgan fingerprint density at radius 1 is 1.21 bits per heavy atom. The van der Waals surface area contributed by atoms with Crippen LogP contribution in [0.4, 0.5) is 10.2 Å². The SMILES string of the molecule is O=C(N[C@H]1CCCN(c2cc(-c3ccccc3)[nH]n2)C1)c1ccc(F)c(Cl)c1. The van der Waals surface area contributed by atoms with Crippen molar-refractivity contribution in [2.75, 3.05) is 18.0 Å². The number of carbonyl (C=O) groups is 1. The van der Waals surface area contributed by atoms with Gasteiger partial charge in [0.05, 0.1) is 10.7 Å². The topological polar surface area (TPSA) is 61.0 Å². The van der Waals surface area contributed by atoms with Crippen LogP contribution in [0.5, 0.6) is 0 Å². The largest absolute Gasteiger partial charge is 0.353 e. The highest BCUT2D eigenvalue weighted by Crippen LogP contribution is 2.24. The second kappa shape index (κ2) is 8.02. The van der Waals surface area contributed by atoms with Gasteiger partial charge in [-0.1, -0.05) is 41.9 Å². The van der Waals surface area contributed by atoms with E-state index in [0.29, 0.717) is 12.1 Å². The number of anilines is 1. The van der Waals surface area contributed by atoms with Gasteiger partial charge in [-0.3, -0.25) is 9.89 Å². The number of nitrogens with zero attached hydrogens (tertiary/aromatic N) is 2. The smallest absolute Gasteiger partial charge is 0.251 e. The fourth-order valence-electron chi connectivity index (χ4n) is 3.45. The number of halogens is 2. The molecule has 0 radical (unpaired) electrons. The molecule has 1 saturated heterocycles. The summed E-state index contributed by atoms with van der Waals surface area (Å²) in [4.78, 5) is 14.6. The minimum atomic E-state index is -0.533. The van der Waals surface area contributed by atoms with Gasteiger partial charge in [-0.05, 0) is 36.6 Å². The molecule has 0 bridgehead atoms. The quantitative estimate of drug-likeness (QED) is 0.690. The van der Waals surface area contributed by atoms with Crippen LogP contribution in [-0.4, -0.2) is 35.2 Å². The Hall–Kier alpha value is -2.86. The Balaban J connectivity index is 1.42. The van der Waals surface area contributed by atoms with Gasteiger partial charge in [0.2, 0.25) is 0 Å². The Kier molecular flexibility index (Phi) is 5.30. The summed E-state index contributed by atoms with van der Waals surface area (Å²) in [5, 5.41) is 10.5. The predicted octanol–water partition coefficient (Wildman–Crippen LogP) is 4.27. The number of nitrogens with one attached hydrogen (secondary N) is 2. The molecular formula is C21H20ClFN4O. The van der Waals surface area contributed by atoms with E-state index < -0.39 is 5.82 Å². The van der Waals surface area contributed by atoms with Crippen LogP contribution >= 0.6 is 11.6 Å². The highest BCUT2D eigenvalue weighted by Gasteiger charge is 2.24. The lowest BCUT2D eigenvalue weighted by Crippen LogP contribution is -2.48. The first-order valence-corrected chi connectivity index (χ1v) is 9.59. The maximum absolute atomic E-state index is 13.3. The van der Waals surface area contributed by atoms with Crippen molar-refractivity contribution in [1.29, 1.82) is 0 Å². The van der Waals surface area contributed by atoms with Crippen molar-refractivity contribution in [3.05, 3.63) is 71.0 Å². The monoisotopic (exact) mass is 398 g/mol. The van der Waals surface area contributed by atoms with E-state index in [1.54, 1.807) is 0 Å². The lowest BCUT2D eigenvalue weighted by molar-refractivity contribution is 0.0933. The highest BCUT2D eigenvalue weighted by molar-refractivity contribution is 6.31. The van der Waals surface area contributed by atoms with Crippen LogP contribution in [0, 0.1) is 5.82 Å². The molecule has 4 rings (SSSR count). The van der Waals surface area contributed by atoms with Gasteiger partial charge in [-0.25, -0.2) is 4.39 Å². The molecule has 0 unspecified atom stereocenters. The molecule has 1 amide bonds. The van der Waals surface area contributed by atoms with Crippen molar-refractivity contribution in [3.8, 4) is 11.3 Å². The summed E-state index contributed by atoms with van der Waals surface area (Å²) >= 11 is 5.78. The van der Waals surface area contributed by atoms with Crippen LogP contribution in [-0.2, 0) is 0 Å². The van der Waals surface area contributed by atoms with E-state index in [0.717, 1.165) is 36.5 Å². The maximum atomic E-state index is 13.3. The number of aromatic nitrogens is 2. The summed E-state index contributed by atoms with van der Waals surface area (Å²) in [6.07, 6.45) is 1.83. The predicted molar refractivity (Wildman–Crippen MR) is 108 cm³/mol. The van der Waals surface area contributed by atoms with Crippen LogP contribution in [0.25, 0.3) is 11.3 Å². The van der Waals surface area contributed by atoms with Gasteiger partial charge in [0, 0.05) is 30.8 Å². The van der Waals surface area contributed by atoms with Gasteiger partial charge in [0.1, 0.15) is 5.82 Å². The molecule has 3 aromatic rings. The van der Waals surface area contributed by atoms with Gasteiger partial charge in [-0.2, -0.15) is 5.10 Å². The van der Waals surface area contributed by atoms with Crippen LogP contribution < -0.4 is 10.2 Å². The first-order valence-electron chi connectivity index (χ1n) is 9.22. The Labute approximate surface area is 167 Å². The normalized spacial score (nSPS) is 16.8. The molecule has 2 aromatic carbocycles. The van der Waals surface area contributed by atoms with E-state index in [1.165, 1.54) is 18.2 Å². The molecule has 0 spiro atoms. The van der Waals surface area contributed by atoms with Gasteiger partial charge in [-0.15, -0.1) is 0 Å². The van der Waals surface area contributed by atoms with Crippen LogP contribution in [0.1, 0.15) is 23.2 Å². The Morgan fingerprint density at radius 2 is 2.04 bits per heavy atom. The molecule has 144 valence electrons. The lowest BCUT2D eigenvalue weighted by Gasteiger charge is -2.33. The average Bonchev–Trinajstić information content (AvgIpc) is 3.21. The summed E-state index contributed by atoms with van der Waals surface area (Å²) in [6.45, 7) is 1.55. The van der Waals surface area contributed by atoms with Crippen molar-refractivity contribution in [2.45, 2.75) is 18.9 Å². The number of aromatic amines is 1. The summed E-state index contributed by atoms with van der Waals surface area (Å²) < 4.78 is 13.3. The standard InChI is InChI=1S/C21H20ClFN4O/c22-17-11-15(8-9-18(17)23)21(28)24-16-7-4-10-27(13-16)20-12-19(25-26-20)14-5-2-1-3-6-14/h1-3,5-6,8-9,11-12,16H,4,7,10,13H2,(H,24,28)(H,25,26)/t16-/m0/s1. The number of amides is 1. The Morgan fingerprint density at radius 3 is 2.82 bits per heavy atom. The van der Waals surface area contributed by atoms with Crippen molar-refractivity contribution in [2.24, 2.45) is 0 Å². The molecule has 7 heteroatoms. The molecule has 28 heavy (non-hydrogen) atoms. The summed E-state index contributed by atoms with van der Waals surface area (Å²) in [5.41, 5.74) is 2.40. The molecule has 1 aliphatic heterocycles. The third kappa shape index (κ3) is 4.02. The van der Waals surface area contributed by atoms with Crippen molar-refractivity contribution in [1.82, 2.24) is 15.5 Å². The van der Waals surface area contributed by atoms with Gasteiger partial charge >= 0.3 is 0 Å². The number of benzene rings is 2. The average molecular weight is 399 g/mol. The zero-order chi connectivity index (χ0) is 19.5. The number of hydrogen-bond donors (Lipinski definition) is 2. The van der Waals surface area contributed by atoms with Gasteiger partial charge < -0.3 is 10.2 Å². The third-order valence-electron chi connectivity index (χ3n) is 4.91. The van der Waals surface area contributed by atoms with E-state index in [-0.39, 0.29) is 17.0 Å². The lowest BCUT2D eigenvalue weighted by atomic mass is 10.0. The van der Waals surface area contributed by atoms with Crippen LogP contribution in [0.2, 0.25) is 5.02 Å². The fourth-order valence-corrected chi connectivity index (χ4v) is 3.63. The minimum absolute atomic E-state index is 0.0121. The number of H-pyrrole nitrogens is 1. The molecule has 0 aliphatic carbocycles. The van der Waals surface area contributed by atoms with Crippen molar-refractivity contribution < 1.29 is 9.18 Å². The van der Waals surface area contributed by atoms with E-state index in [2.05, 4.69) is 20.4 Å². The molecule has 2 heterocycles. The third-order valence-corrected chi connectivity index (χ3v) is 5.20. The number of hydrogen-bond acceptors (Lipinski definition) is 3. The summed E-state index contributed by atoms with van der Waals surface area (Å²) in [5.74, 6) is 0.0817. The van der Waals surface area contributed by atoms with E-state index in [9.17, 15) is 9.18 Å². The molecule has 0 saturated carbocycles. The zero-order valence-electron chi connectivity index (χ0n) is 15.2. The van der Waals surface area contributed by atoms with Crippen LogP contribution in [0.15, 0.2) is 54.6 Å². The molecule has 1 atom stereocenters. The molecule has 1 aromatic heterocycles. The zero-order valence-corrected chi connectivity index (χ0v) is 15.9. The summed E-state index contributed by atoms with van der Waals surface area (Å²) in [7, 11) is 0. The van der Waals surface area contributed by atoms with E-state index in [1.807, 2.05) is 36.4 Å². The number of piperidine rings is 1. The van der Waals surface area contributed by atoms with Crippen molar-refractivity contribution in [3.63, 3.8) is 0 Å². The van der Waals surface area contributed by atoms with Gasteiger partial charge in [0.15, 0.2) is 5.82 Å². The second-order valence-electron chi connectivity index (χ2n) is 6.89. The number of rotatable bonds is 4. The van der Waals surface area contributed by atoms with E-state index >= 15 is 0 Å². The van der Waals surface area contributed by atoms with Gasteiger partial charge in [0.25, 0.3) is 5.91 Å². The van der Waals surface area contributed by atoms with Crippen LogP contribution in [0.3, 0.4) is 0 Å². The van der Waals surface area contributed by atoms with Crippen molar-refractivity contribution >= 4 is 23.3 Å². The van der Waals surface area contributed by atoms with E-state index in [4.69, 9.17) is 11.6 Å². The first kappa shape index (κ1) is 18.5. The maximum Gasteiger partial charge on any atom is 0.251 e. The molecule has 5 nitrogen and oxygen atoms in total. The molecule has 1 aliphatic rings. The molecule has 2 N–H and O–H groups in total. The minimum Gasteiger partial charge on any atom is -0.353 e. The highest BCUT2D eigenvalue weighted by atomic mass is 35.5. The first-order chi connectivity index (χ1) is 13.6.